The van der Waals surface area contributed by atoms with Crippen molar-refractivity contribution in [3.05, 3.63) is 23.2 Å². The summed E-state index contributed by atoms with van der Waals surface area (Å²) in [6, 6.07) is 5.43. The number of anilines is 2. The molecule has 1 aromatic rings. The van der Waals surface area contributed by atoms with E-state index in [1.54, 1.807) is 24.0 Å². The predicted octanol–water partition coefficient (Wildman–Crippen LogP) is 2.20. The summed E-state index contributed by atoms with van der Waals surface area (Å²) in [7, 11) is 0. The number of hydrogen-bond donors (Lipinski definition) is 1. The van der Waals surface area contributed by atoms with E-state index in [2.05, 4.69) is 4.90 Å². The van der Waals surface area contributed by atoms with E-state index in [1.165, 1.54) is 0 Å². The van der Waals surface area contributed by atoms with E-state index in [0.29, 0.717) is 30.4 Å². The van der Waals surface area contributed by atoms with Gasteiger partial charge in [-0.15, -0.1) is 0 Å². The van der Waals surface area contributed by atoms with Crippen molar-refractivity contribution in [1.29, 1.82) is 0 Å². The van der Waals surface area contributed by atoms with Gasteiger partial charge in [0.2, 0.25) is 0 Å². The topological polar surface area (TPSA) is 58.8 Å². The van der Waals surface area contributed by atoms with E-state index in [1.807, 2.05) is 6.07 Å². The van der Waals surface area contributed by atoms with Gasteiger partial charge >= 0.3 is 6.09 Å². The third-order valence-corrected chi connectivity index (χ3v) is 3.37. The molecule has 0 bridgehead atoms. The maximum Gasteiger partial charge on any atom is 0.409 e. The molecule has 0 aromatic heterocycles. The molecule has 0 atom stereocenters. The molecule has 0 spiro atoms. The van der Waals surface area contributed by atoms with Gasteiger partial charge < -0.3 is 20.3 Å². The summed E-state index contributed by atoms with van der Waals surface area (Å²) in [5.41, 5.74) is 7.59. The molecule has 0 unspecified atom stereocenters. The van der Waals surface area contributed by atoms with Gasteiger partial charge in [-0.25, -0.2) is 4.79 Å². The Morgan fingerprint density at radius 3 is 2.68 bits per heavy atom. The fraction of sp³-hybridized carbons (Fsp3) is 0.462. The van der Waals surface area contributed by atoms with Gasteiger partial charge in [0.25, 0.3) is 0 Å². The lowest BCUT2D eigenvalue weighted by Gasteiger charge is -2.36. The highest BCUT2D eigenvalue weighted by Crippen LogP contribution is 2.27. The molecule has 1 amide bonds. The summed E-state index contributed by atoms with van der Waals surface area (Å²) in [6.45, 7) is 4.92. The summed E-state index contributed by atoms with van der Waals surface area (Å²) < 4.78 is 4.99. The summed E-state index contributed by atoms with van der Waals surface area (Å²) in [5, 5.41) is 0.664. The molecule has 2 rings (SSSR count). The van der Waals surface area contributed by atoms with Crippen LogP contribution >= 0.6 is 11.6 Å². The van der Waals surface area contributed by atoms with Crippen molar-refractivity contribution in [1.82, 2.24) is 4.90 Å². The standard InChI is InChI=1S/C13H18ClN3O2/c1-2-19-13(18)17-7-5-16(6-8-17)12-9-10(14)3-4-11(12)15/h3-4,9H,2,5-8,15H2,1H3. The van der Waals surface area contributed by atoms with Crippen molar-refractivity contribution in [2.45, 2.75) is 6.92 Å². The molecule has 0 radical (unpaired) electrons. The van der Waals surface area contributed by atoms with Crippen LogP contribution in [0.2, 0.25) is 5.02 Å². The Morgan fingerprint density at radius 2 is 2.05 bits per heavy atom. The highest BCUT2D eigenvalue weighted by Gasteiger charge is 2.23. The quantitative estimate of drug-likeness (QED) is 0.846. The molecule has 2 N–H and O–H groups in total. The lowest BCUT2D eigenvalue weighted by molar-refractivity contribution is 0.105. The molecule has 0 saturated carbocycles. The predicted molar refractivity (Wildman–Crippen MR) is 76.7 cm³/mol. The van der Waals surface area contributed by atoms with Gasteiger partial charge in [-0.2, -0.15) is 0 Å². The molecular formula is C13H18ClN3O2. The third kappa shape index (κ3) is 3.23. The number of piperazine rings is 1. The molecule has 1 saturated heterocycles. The van der Waals surface area contributed by atoms with Crippen molar-refractivity contribution in [3.8, 4) is 0 Å². The van der Waals surface area contributed by atoms with Gasteiger partial charge in [0.05, 0.1) is 18.0 Å². The Kier molecular flexibility index (Phi) is 4.37. The molecule has 1 heterocycles. The van der Waals surface area contributed by atoms with Crippen LogP contribution in [-0.4, -0.2) is 43.8 Å². The maximum absolute atomic E-state index is 11.6. The van der Waals surface area contributed by atoms with E-state index in [-0.39, 0.29) is 6.09 Å². The van der Waals surface area contributed by atoms with Gasteiger partial charge in [0.1, 0.15) is 0 Å². The molecule has 1 aliphatic rings. The van der Waals surface area contributed by atoms with E-state index in [4.69, 9.17) is 22.1 Å². The number of hydrogen-bond acceptors (Lipinski definition) is 4. The molecule has 5 nitrogen and oxygen atoms in total. The lowest BCUT2D eigenvalue weighted by atomic mass is 10.2. The van der Waals surface area contributed by atoms with Crippen molar-refractivity contribution >= 4 is 29.1 Å². The fourth-order valence-corrected chi connectivity index (χ4v) is 2.30. The molecule has 1 aromatic carbocycles. The summed E-state index contributed by atoms with van der Waals surface area (Å²) in [6.07, 6.45) is -0.249. The van der Waals surface area contributed by atoms with Crippen molar-refractivity contribution in [3.63, 3.8) is 0 Å². The Balaban J connectivity index is 2.00. The zero-order valence-electron chi connectivity index (χ0n) is 10.9. The van der Waals surface area contributed by atoms with Crippen LogP contribution in [0.5, 0.6) is 0 Å². The lowest BCUT2D eigenvalue weighted by Crippen LogP contribution is -2.49. The average molecular weight is 284 g/mol. The zero-order valence-corrected chi connectivity index (χ0v) is 11.7. The number of carbonyl (C=O) groups is 1. The van der Waals surface area contributed by atoms with E-state index >= 15 is 0 Å². The second kappa shape index (κ2) is 6.02. The zero-order chi connectivity index (χ0) is 13.8. The summed E-state index contributed by atoms with van der Waals surface area (Å²) >= 11 is 5.99. The van der Waals surface area contributed by atoms with E-state index in [0.717, 1.165) is 18.8 Å². The Hall–Kier alpha value is -1.62. The first-order chi connectivity index (χ1) is 9.11. The minimum Gasteiger partial charge on any atom is -0.450 e. The minimum absolute atomic E-state index is 0.249. The van der Waals surface area contributed by atoms with Crippen LogP contribution < -0.4 is 10.6 Å². The highest BCUT2D eigenvalue weighted by atomic mass is 35.5. The minimum atomic E-state index is -0.249. The molecular weight excluding hydrogens is 266 g/mol. The number of rotatable bonds is 2. The van der Waals surface area contributed by atoms with Crippen molar-refractivity contribution < 1.29 is 9.53 Å². The normalized spacial score (nSPS) is 15.5. The van der Waals surface area contributed by atoms with Crippen molar-refractivity contribution in [2.24, 2.45) is 0 Å². The van der Waals surface area contributed by atoms with Gasteiger partial charge in [-0.05, 0) is 25.1 Å². The van der Waals surface area contributed by atoms with Crippen LogP contribution in [0.4, 0.5) is 16.2 Å². The monoisotopic (exact) mass is 283 g/mol. The number of ether oxygens (including phenoxy) is 1. The number of nitrogens with zero attached hydrogens (tertiary/aromatic N) is 2. The highest BCUT2D eigenvalue weighted by molar-refractivity contribution is 6.31. The number of halogens is 1. The van der Waals surface area contributed by atoms with Crippen LogP contribution in [0, 0.1) is 0 Å². The van der Waals surface area contributed by atoms with Crippen LogP contribution in [0.3, 0.4) is 0 Å². The van der Waals surface area contributed by atoms with Gasteiger partial charge in [0, 0.05) is 31.2 Å². The SMILES string of the molecule is CCOC(=O)N1CCN(c2cc(Cl)ccc2N)CC1. The number of benzene rings is 1. The maximum atomic E-state index is 11.6. The van der Waals surface area contributed by atoms with Crippen molar-refractivity contribution in [2.75, 3.05) is 43.4 Å². The first-order valence-corrected chi connectivity index (χ1v) is 6.71. The number of carbonyl (C=O) groups excluding carboxylic acids is 1. The largest absolute Gasteiger partial charge is 0.450 e. The van der Waals surface area contributed by atoms with E-state index in [9.17, 15) is 4.79 Å². The Labute approximate surface area is 117 Å². The third-order valence-electron chi connectivity index (χ3n) is 3.14. The fourth-order valence-electron chi connectivity index (χ4n) is 2.14. The van der Waals surface area contributed by atoms with Gasteiger partial charge in [0.15, 0.2) is 0 Å². The van der Waals surface area contributed by atoms with E-state index < -0.39 is 0 Å². The number of amides is 1. The molecule has 0 aliphatic carbocycles. The van der Waals surface area contributed by atoms with Gasteiger partial charge in [-0.3, -0.25) is 0 Å². The Bertz CT molecular complexity index is 459. The molecule has 19 heavy (non-hydrogen) atoms. The van der Waals surface area contributed by atoms with Crippen LogP contribution in [-0.2, 0) is 4.74 Å². The van der Waals surface area contributed by atoms with Gasteiger partial charge in [-0.1, -0.05) is 11.6 Å². The number of nitrogens with two attached hydrogens (primary N) is 1. The van der Waals surface area contributed by atoms with Crippen LogP contribution in [0.15, 0.2) is 18.2 Å². The molecule has 1 aliphatic heterocycles. The first-order valence-electron chi connectivity index (χ1n) is 6.33. The first kappa shape index (κ1) is 13.8. The van der Waals surface area contributed by atoms with Crippen LogP contribution in [0.25, 0.3) is 0 Å². The molecule has 104 valence electrons. The number of nitrogen functional groups attached to an aromatic ring is 1. The summed E-state index contributed by atoms with van der Waals surface area (Å²) in [4.78, 5) is 15.4. The summed E-state index contributed by atoms with van der Waals surface area (Å²) in [5.74, 6) is 0. The molecule has 6 heteroatoms. The Morgan fingerprint density at radius 1 is 1.37 bits per heavy atom. The van der Waals surface area contributed by atoms with Crippen LogP contribution in [0.1, 0.15) is 6.92 Å². The average Bonchev–Trinajstić information content (AvgIpc) is 2.42. The smallest absolute Gasteiger partial charge is 0.409 e. The second-order valence-corrected chi connectivity index (χ2v) is 4.81. The molecule has 1 fully saturated rings. The second-order valence-electron chi connectivity index (χ2n) is 4.38.